The molecule has 1 aliphatic rings. The second-order valence-electron chi connectivity index (χ2n) is 4.40. The average molecular weight is 208 g/mol. The van der Waals surface area contributed by atoms with Gasteiger partial charge in [0.05, 0.1) is 5.69 Å². The first kappa shape index (κ1) is 10.3. The number of aromatic nitrogens is 2. The fourth-order valence-electron chi connectivity index (χ4n) is 2.09. The van der Waals surface area contributed by atoms with Crippen LogP contribution in [0.3, 0.4) is 0 Å². The van der Waals surface area contributed by atoms with Crippen LogP contribution in [0.15, 0.2) is 0 Å². The number of hydrogen-bond acceptors (Lipinski definition) is 3. The molecule has 1 aromatic heterocycles. The molecule has 0 aliphatic heterocycles. The Balaban J connectivity index is 2.34. The first-order valence-electron chi connectivity index (χ1n) is 5.82. The highest BCUT2D eigenvalue weighted by Crippen LogP contribution is 2.41. The summed E-state index contributed by atoms with van der Waals surface area (Å²) in [7, 11) is 0. The summed E-state index contributed by atoms with van der Waals surface area (Å²) in [6, 6.07) is 0. The molecular weight excluding hydrogens is 188 g/mol. The summed E-state index contributed by atoms with van der Waals surface area (Å²) in [6.07, 6.45) is 4.55. The fourth-order valence-corrected chi connectivity index (χ4v) is 2.09. The van der Waals surface area contributed by atoms with Gasteiger partial charge in [0.15, 0.2) is 0 Å². The Morgan fingerprint density at radius 2 is 2.00 bits per heavy atom. The van der Waals surface area contributed by atoms with Crippen molar-refractivity contribution >= 4 is 5.82 Å². The third kappa shape index (κ3) is 1.68. The second kappa shape index (κ2) is 3.76. The van der Waals surface area contributed by atoms with Crippen molar-refractivity contribution in [2.75, 3.05) is 11.6 Å². The van der Waals surface area contributed by atoms with E-state index in [1.54, 1.807) is 4.68 Å². The Labute approximate surface area is 90.6 Å². The largest absolute Gasteiger partial charge is 0.382 e. The van der Waals surface area contributed by atoms with Crippen LogP contribution in [0.2, 0.25) is 0 Å². The number of rotatable bonds is 4. The van der Waals surface area contributed by atoms with Crippen LogP contribution >= 0.6 is 0 Å². The molecular formula is C11H20N4. The molecule has 0 amide bonds. The predicted molar refractivity (Wildman–Crippen MR) is 62.1 cm³/mol. The summed E-state index contributed by atoms with van der Waals surface area (Å²) >= 11 is 0. The van der Waals surface area contributed by atoms with Crippen LogP contribution in [0.4, 0.5) is 5.82 Å². The first-order valence-corrected chi connectivity index (χ1v) is 5.82. The van der Waals surface area contributed by atoms with Gasteiger partial charge in [0.1, 0.15) is 11.6 Å². The van der Waals surface area contributed by atoms with Crippen molar-refractivity contribution < 1.29 is 0 Å². The second-order valence-corrected chi connectivity index (χ2v) is 4.40. The van der Waals surface area contributed by atoms with E-state index in [9.17, 15) is 0 Å². The molecule has 0 bridgehead atoms. The van der Waals surface area contributed by atoms with E-state index < -0.39 is 0 Å². The van der Waals surface area contributed by atoms with Gasteiger partial charge >= 0.3 is 0 Å². The van der Waals surface area contributed by atoms with Crippen LogP contribution in [0.25, 0.3) is 0 Å². The molecule has 1 saturated carbocycles. The van der Waals surface area contributed by atoms with Crippen molar-refractivity contribution in [2.24, 2.45) is 0 Å². The smallest absolute Gasteiger partial charge is 0.146 e. The highest BCUT2D eigenvalue weighted by atomic mass is 15.4. The Bertz CT molecular complexity index is 348. The maximum absolute atomic E-state index is 6.00. The van der Waals surface area contributed by atoms with Crippen molar-refractivity contribution in [1.29, 1.82) is 0 Å². The Morgan fingerprint density at radius 1 is 1.40 bits per heavy atom. The van der Waals surface area contributed by atoms with Crippen molar-refractivity contribution in [3.05, 3.63) is 11.5 Å². The molecule has 0 aromatic carbocycles. The topological polar surface area (TPSA) is 69.9 Å². The maximum atomic E-state index is 6.00. The lowest BCUT2D eigenvalue weighted by molar-refractivity contribution is 0.626. The van der Waals surface area contributed by atoms with Crippen molar-refractivity contribution in [3.8, 4) is 0 Å². The van der Waals surface area contributed by atoms with Gasteiger partial charge in [-0.25, -0.2) is 9.66 Å². The molecule has 1 aliphatic carbocycles. The lowest BCUT2D eigenvalue weighted by Crippen LogP contribution is -2.15. The van der Waals surface area contributed by atoms with Gasteiger partial charge in [0, 0.05) is 11.8 Å². The zero-order chi connectivity index (χ0) is 11.0. The van der Waals surface area contributed by atoms with Crippen molar-refractivity contribution in [2.45, 2.75) is 51.4 Å². The molecule has 1 fully saturated rings. The number of anilines is 1. The molecule has 4 heteroatoms. The van der Waals surface area contributed by atoms with Crippen LogP contribution in [-0.2, 0) is 0 Å². The van der Waals surface area contributed by atoms with Crippen LogP contribution in [0, 0.1) is 0 Å². The quantitative estimate of drug-likeness (QED) is 0.743. The van der Waals surface area contributed by atoms with Crippen molar-refractivity contribution in [3.63, 3.8) is 0 Å². The summed E-state index contributed by atoms with van der Waals surface area (Å²) in [6.45, 7) is 4.33. The van der Waals surface area contributed by atoms with Gasteiger partial charge in [-0.3, -0.25) is 0 Å². The number of hydrogen-bond donors (Lipinski definition) is 2. The predicted octanol–water partition coefficient (Wildman–Crippen LogP) is 1.96. The zero-order valence-corrected chi connectivity index (χ0v) is 9.53. The Kier molecular flexibility index (Phi) is 2.59. The third-order valence-corrected chi connectivity index (χ3v) is 3.32. The average Bonchev–Trinajstić information content (AvgIpc) is 3.02. The van der Waals surface area contributed by atoms with Crippen LogP contribution in [0.5, 0.6) is 0 Å². The van der Waals surface area contributed by atoms with E-state index in [1.165, 1.54) is 12.8 Å². The van der Waals surface area contributed by atoms with Gasteiger partial charge in [-0.2, -0.15) is 0 Å². The van der Waals surface area contributed by atoms with E-state index in [2.05, 4.69) is 18.8 Å². The van der Waals surface area contributed by atoms with E-state index >= 15 is 0 Å². The van der Waals surface area contributed by atoms with Gasteiger partial charge in [-0.1, -0.05) is 13.8 Å². The molecule has 1 heterocycles. The standard InChI is InChI=1S/C11H20N4/c1-3-7(4-2)9-10(12)15(13)11(14-9)8-5-6-8/h7-8H,3-6,12-13H2,1-2H3. The minimum atomic E-state index is 0.451. The number of nitrogen functional groups attached to an aromatic ring is 2. The van der Waals surface area contributed by atoms with E-state index in [4.69, 9.17) is 11.6 Å². The van der Waals surface area contributed by atoms with Gasteiger partial charge in [-0.15, -0.1) is 0 Å². The third-order valence-electron chi connectivity index (χ3n) is 3.32. The molecule has 0 spiro atoms. The lowest BCUT2D eigenvalue weighted by atomic mass is 10.00. The Morgan fingerprint density at radius 3 is 2.47 bits per heavy atom. The SMILES string of the molecule is CCC(CC)c1nc(C2CC2)n(N)c1N. The lowest BCUT2D eigenvalue weighted by Gasteiger charge is -2.09. The molecule has 84 valence electrons. The Hall–Kier alpha value is -1.19. The van der Waals surface area contributed by atoms with Gasteiger partial charge in [-0.05, 0) is 25.7 Å². The van der Waals surface area contributed by atoms with Gasteiger partial charge in [0.2, 0.25) is 0 Å². The normalized spacial score (nSPS) is 16.2. The molecule has 2 rings (SSSR count). The molecule has 15 heavy (non-hydrogen) atoms. The first-order chi connectivity index (χ1) is 7.19. The molecule has 0 unspecified atom stereocenters. The van der Waals surface area contributed by atoms with Crippen molar-refractivity contribution in [1.82, 2.24) is 9.66 Å². The highest BCUT2D eigenvalue weighted by Gasteiger charge is 2.31. The number of nitrogens with zero attached hydrogens (tertiary/aromatic N) is 2. The molecule has 0 radical (unpaired) electrons. The van der Waals surface area contributed by atoms with E-state index in [0.717, 1.165) is 24.4 Å². The minimum absolute atomic E-state index is 0.451. The maximum Gasteiger partial charge on any atom is 0.146 e. The molecule has 0 saturated heterocycles. The van der Waals surface area contributed by atoms with Crippen LogP contribution in [0.1, 0.15) is 62.9 Å². The van der Waals surface area contributed by atoms with Gasteiger partial charge in [0.25, 0.3) is 0 Å². The minimum Gasteiger partial charge on any atom is -0.382 e. The fraction of sp³-hybridized carbons (Fsp3) is 0.727. The number of nitrogens with two attached hydrogens (primary N) is 2. The zero-order valence-electron chi connectivity index (χ0n) is 9.53. The number of imidazole rings is 1. The summed E-state index contributed by atoms with van der Waals surface area (Å²) in [5.41, 5.74) is 7.00. The summed E-state index contributed by atoms with van der Waals surface area (Å²) < 4.78 is 1.59. The summed E-state index contributed by atoms with van der Waals surface area (Å²) in [5, 5.41) is 0. The summed E-state index contributed by atoms with van der Waals surface area (Å²) in [5.74, 6) is 8.57. The monoisotopic (exact) mass is 208 g/mol. The van der Waals surface area contributed by atoms with E-state index in [1.807, 2.05) is 0 Å². The summed E-state index contributed by atoms with van der Waals surface area (Å²) in [4.78, 5) is 4.63. The molecule has 4 N–H and O–H groups in total. The van der Waals surface area contributed by atoms with Crippen LogP contribution in [-0.4, -0.2) is 9.66 Å². The molecule has 1 aromatic rings. The molecule has 0 atom stereocenters. The molecule has 4 nitrogen and oxygen atoms in total. The van der Waals surface area contributed by atoms with Gasteiger partial charge < -0.3 is 11.6 Å². The highest BCUT2D eigenvalue weighted by molar-refractivity contribution is 5.42. The van der Waals surface area contributed by atoms with Crippen LogP contribution < -0.4 is 11.6 Å². The van der Waals surface area contributed by atoms with E-state index in [-0.39, 0.29) is 0 Å². The van der Waals surface area contributed by atoms with E-state index in [0.29, 0.717) is 17.7 Å².